The van der Waals surface area contributed by atoms with Gasteiger partial charge in [-0.2, -0.15) is 4.52 Å². The maximum Gasteiger partial charge on any atom is 0.239 e. The van der Waals surface area contributed by atoms with E-state index in [9.17, 15) is 9.18 Å². The lowest BCUT2D eigenvalue weighted by atomic mass is 10.1. The van der Waals surface area contributed by atoms with Gasteiger partial charge in [-0.25, -0.2) is 9.37 Å². The van der Waals surface area contributed by atoms with Crippen LogP contribution in [0.15, 0.2) is 24.3 Å². The van der Waals surface area contributed by atoms with Gasteiger partial charge >= 0.3 is 0 Å². The molecule has 9 heteroatoms. The molecule has 2 heterocycles. The zero-order valence-corrected chi connectivity index (χ0v) is 18.2. The number of rotatable bonds is 7. The van der Waals surface area contributed by atoms with E-state index in [4.69, 9.17) is 4.98 Å². The standard InChI is InChI=1S/C20H27FN6OS/c1-6-10-22-15(28)12-26(5)19-25-27-17(24-20(2,3)4)16(23-18(27)29-19)13-8-7-9-14(21)11-13/h7-9,11,24H,6,10,12H2,1-5H3,(H,22,28). The molecule has 0 atom stereocenters. The van der Waals surface area contributed by atoms with E-state index in [1.165, 1.54) is 23.5 Å². The van der Waals surface area contributed by atoms with Gasteiger partial charge in [0.25, 0.3) is 0 Å². The van der Waals surface area contributed by atoms with Crippen LogP contribution >= 0.6 is 11.3 Å². The Bertz CT molecular complexity index is 1010. The van der Waals surface area contributed by atoms with Crippen LogP contribution in [-0.2, 0) is 4.79 Å². The molecule has 0 aliphatic rings. The van der Waals surface area contributed by atoms with Crippen LogP contribution in [0.2, 0.25) is 0 Å². The second-order valence-electron chi connectivity index (χ2n) is 7.98. The minimum absolute atomic E-state index is 0.0457. The number of halogens is 1. The Morgan fingerprint density at radius 3 is 2.76 bits per heavy atom. The number of carbonyl (C=O) groups is 1. The highest BCUT2D eigenvalue weighted by Crippen LogP contribution is 2.34. The average molecular weight is 419 g/mol. The van der Waals surface area contributed by atoms with Crippen molar-refractivity contribution in [2.45, 2.75) is 39.7 Å². The number of imidazole rings is 1. The van der Waals surface area contributed by atoms with E-state index in [1.54, 1.807) is 15.5 Å². The number of fused-ring (bicyclic) bond motifs is 1. The van der Waals surface area contributed by atoms with Gasteiger partial charge in [-0.05, 0) is 39.3 Å². The van der Waals surface area contributed by atoms with E-state index in [2.05, 4.69) is 15.7 Å². The highest BCUT2D eigenvalue weighted by atomic mass is 32.1. The summed E-state index contributed by atoms with van der Waals surface area (Å²) >= 11 is 1.38. The van der Waals surface area contributed by atoms with Crippen LogP contribution in [0, 0.1) is 5.82 Å². The van der Waals surface area contributed by atoms with Crippen LogP contribution in [0.25, 0.3) is 16.2 Å². The monoisotopic (exact) mass is 418 g/mol. The summed E-state index contributed by atoms with van der Waals surface area (Å²) in [6.07, 6.45) is 0.894. The Morgan fingerprint density at radius 2 is 2.10 bits per heavy atom. The molecule has 2 aromatic heterocycles. The zero-order valence-electron chi connectivity index (χ0n) is 17.4. The van der Waals surface area contributed by atoms with Gasteiger partial charge < -0.3 is 15.5 Å². The number of carbonyl (C=O) groups excluding carboxylic acids is 1. The second kappa shape index (κ2) is 8.36. The van der Waals surface area contributed by atoms with E-state index in [0.29, 0.717) is 33.7 Å². The molecule has 0 spiro atoms. The van der Waals surface area contributed by atoms with Crippen LogP contribution in [0.5, 0.6) is 0 Å². The number of benzene rings is 1. The van der Waals surface area contributed by atoms with Gasteiger partial charge in [0.15, 0.2) is 5.82 Å². The van der Waals surface area contributed by atoms with Crippen LogP contribution < -0.4 is 15.5 Å². The largest absolute Gasteiger partial charge is 0.364 e. The first-order valence-electron chi connectivity index (χ1n) is 9.59. The highest BCUT2D eigenvalue weighted by molar-refractivity contribution is 7.20. The summed E-state index contributed by atoms with van der Waals surface area (Å²) in [6.45, 7) is 9.01. The van der Waals surface area contributed by atoms with Crippen LogP contribution in [0.3, 0.4) is 0 Å². The quantitative estimate of drug-likeness (QED) is 0.611. The van der Waals surface area contributed by atoms with Crippen molar-refractivity contribution in [3.63, 3.8) is 0 Å². The molecule has 2 N–H and O–H groups in total. The van der Waals surface area contributed by atoms with Gasteiger partial charge in [0.1, 0.15) is 11.5 Å². The summed E-state index contributed by atoms with van der Waals surface area (Å²) < 4.78 is 15.5. The topological polar surface area (TPSA) is 74.6 Å². The Labute approximate surface area is 173 Å². The Balaban J connectivity index is 1.97. The first-order valence-corrected chi connectivity index (χ1v) is 10.4. The molecular weight excluding hydrogens is 391 g/mol. The molecule has 29 heavy (non-hydrogen) atoms. The van der Waals surface area contributed by atoms with Crippen LogP contribution in [-0.4, -0.2) is 46.2 Å². The predicted molar refractivity (Wildman–Crippen MR) is 116 cm³/mol. The molecule has 0 bridgehead atoms. The van der Waals surface area contributed by atoms with Gasteiger partial charge in [0.2, 0.25) is 16.0 Å². The maximum absolute atomic E-state index is 13.8. The van der Waals surface area contributed by atoms with Crippen molar-refractivity contribution in [1.29, 1.82) is 0 Å². The normalized spacial score (nSPS) is 11.7. The number of hydrogen-bond acceptors (Lipinski definition) is 6. The minimum atomic E-state index is -0.313. The molecule has 0 saturated heterocycles. The molecule has 1 aromatic carbocycles. The summed E-state index contributed by atoms with van der Waals surface area (Å²) in [4.78, 5) is 19.2. The number of nitrogens with zero attached hydrogens (tertiary/aromatic N) is 4. The SMILES string of the molecule is CCCNC(=O)CN(C)c1nn2c(NC(C)(C)C)c(-c3cccc(F)c3)nc2s1. The highest BCUT2D eigenvalue weighted by Gasteiger charge is 2.23. The second-order valence-corrected chi connectivity index (χ2v) is 8.91. The lowest BCUT2D eigenvalue weighted by molar-refractivity contribution is -0.119. The van der Waals surface area contributed by atoms with Crippen molar-refractivity contribution in [1.82, 2.24) is 19.9 Å². The smallest absolute Gasteiger partial charge is 0.239 e. The number of amides is 1. The van der Waals surface area contributed by atoms with Gasteiger partial charge in [0, 0.05) is 24.7 Å². The zero-order chi connectivity index (χ0) is 21.2. The van der Waals surface area contributed by atoms with Crippen molar-refractivity contribution in [2.24, 2.45) is 0 Å². The summed E-state index contributed by atoms with van der Waals surface area (Å²) in [6, 6.07) is 6.37. The van der Waals surface area contributed by atoms with Crippen molar-refractivity contribution in [3.8, 4) is 11.3 Å². The molecule has 3 rings (SSSR count). The third-order valence-corrected chi connectivity index (χ3v) is 5.09. The van der Waals surface area contributed by atoms with E-state index in [-0.39, 0.29) is 23.8 Å². The molecular formula is C20H27FN6OS. The fourth-order valence-corrected chi connectivity index (χ4v) is 3.66. The number of anilines is 2. The summed E-state index contributed by atoms with van der Waals surface area (Å²) in [5, 5.41) is 11.6. The van der Waals surface area contributed by atoms with Crippen LogP contribution in [0.4, 0.5) is 15.3 Å². The number of likely N-dealkylation sites (N-methyl/N-ethyl adjacent to an activating group) is 1. The van der Waals surface area contributed by atoms with Gasteiger partial charge in [-0.1, -0.05) is 30.4 Å². The molecule has 156 valence electrons. The third kappa shape index (κ3) is 5.03. The molecule has 0 aliphatic carbocycles. The number of aromatic nitrogens is 3. The molecule has 3 aromatic rings. The number of nitrogens with one attached hydrogen (secondary N) is 2. The third-order valence-electron chi connectivity index (χ3n) is 4.06. The van der Waals surface area contributed by atoms with Gasteiger partial charge in [-0.3, -0.25) is 4.79 Å². The summed E-state index contributed by atoms with van der Waals surface area (Å²) in [7, 11) is 1.83. The molecule has 0 saturated carbocycles. The molecule has 0 radical (unpaired) electrons. The Hall–Kier alpha value is -2.68. The molecule has 7 nitrogen and oxygen atoms in total. The Kier molecular flexibility index (Phi) is 6.07. The predicted octanol–water partition coefficient (Wildman–Crippen LogP) is 3.77. The minimum Gasteiger partial charge on any atom is -0.364 e. The van der Waals surface area contributed by atoms with Gasteiger partial charge in [-0.15, -0.1) is 5.10 Å². The van der Waals surface area contributed by atoms with Crippen molar-refractivity contribution in [2.75, 3.05) is 30.4 Å². The lowest BCUT2D eigenvalue weighted by Crippen LogP contribution is -2.35. The first-order chi connectivity index (χ1) is 13.7. The van der Waals surface area contributed by atoms with E-state index in [0.717, 1.165) is 6.42 Å². The van der Waals surface area contributed by atoms with Gasteiger partial charge in [0.05, 0.1) is 6.54 Å². The van der Waals surface area contributed by atoms with Crippen molar-refractivity contribution < 1.29 is 9.18 Å². The van der Waals surface area contributed by atoms with E-state index < -0.39 is 0 Å². The van der Waals surface area contributed by atoms with Crippen molar-refractivity contribution >= 4 is 33.2 Å². The first kappa shape index (κ1) is 21.0. The molecule has 0 unspecified atom stereocenters. The van der Waals surface area contributed by atoms with Crippen molar-refractivity contribution in [3.05, 3.63) is 30.1 Å². The fourth-order valence-electron chi connectivity index (χ4n) is 2.80. The molecule has 0 aliphatic heterocycles. The van der Waals surface area contributed by atoms with E-state index >= 15 is 0 Å². The maximum atomic E-state index is 13.8. The summed E-state index contributed by atoms with van der Waals surface area (Å²) in [5.74, 6) is 0.340. The van der Waals surface area contributed by atoms with E-state index in [1.807, 2.05) is 40.8 Å². The average Bonchev–Trinajstić information content (AvgIpc) is 3.18. The molecule has 0 fully saturated rings. The lowest BCUT2D eigenvalue weighted by Gasteiger charge is -2.22. The van der Waals surface area contributed by atoms with Crippen LogP contribution in [0.1, 0.15) is 34.1 Å². The number of hydrogen-bond donors (Lipinski definition) is 2. The summed E-state index contributed by atoms with van der Waals surface area (Å²) in [5.41, 5.74) is 1.09. The Morgan fingerprint density at radius 1 is 1.34 bits per heavy atom. The fraction of sp³-hybridized carbons (Fsp3) is 0.450. The molecule has 1 amide bonds.